The van der Waals surface area contributed by atoms with Crippen molar-refractivity contribution in [2.75, 3.05) is 46.4 Å². The number of carbonyl (C=O) groups is 1. The number of amides is 1. The van der Waals surface area contributed by atoms with Crippen molar-refractivity contribution in [1.29, 1.82) is 0 Å². The Morgan fingerprint density at radius 3 is 2.77 bits per heavy atom. The molecule has 1 aromatic carbocycles. The average Bonchev–Trinajstić information content (AvgIpc) is 2.66. The minimum Gasteiger partial charge on any atom is -0.379 e. The molecular weight excluding hydrogens is 276 g/mol. The van der Waals surface area contributed by atoms with Crippen molar-refractivity contribution in [2.45, 2.75) is 13.3 Å². The lowest BCUT2D eigenvalue weighted by atomic mass is 9.79. The predicted molar refractivity (Wildman–Crippen MR) is 86.6 cm³/mol. The molecule has 2 fully saturated rings. The fourth-order valence-corrected chi connectivity index (χ4v) is 3.86. The highest BCUT2D eigenvalue weighted by Gasteiger charge is 2.46. The molecular formula is C18H26N2O2. The normalized spacial score (nSPS) is 29.7. The maximum Gasteiger partial charge on any atom is 0.227 e. The Morgan fingerprint density at radius 2 is 2.09 bits per heavy atom. The lowest BCUT2D eigenvalue weighted by Crippen LogP contribution is -2.46. The highest BCUT2D eigenvalue weighted by Crippen LogP contribution is 2.37. The number of carbonyl (C=O) groups excluding carboxylic acids is 1. The van der Waals surface area contributed by atoms with Crippen LogP contribution in [0, 0.1) is 11.3 Å². The van der Waals surface area contributed by atoms with Gasteiger partial charge in [-0.05, 0) is 18.5 Å². The Bertz CT molecular complexity index is 519. The van der Waals surface area contributed by atoms with Crippen LogP contribution in [0.5, 0.6) is 0 Å². The zero-order valence-corrected chi connectivity index (χ0v) is 13.6. The largest absolute Gasteiger partial charge is 0.379 e. The van der Waals surface area contributed by atoms with E-state index in [1.807, 2.05) is 35.2 Å². The lowest BCUT2D eigenvalue weighted by Gasteiger charge is -2.35. The van der Waals surface area contributed by atoms with E-state index in [1.54, 1.807) is 0 Å². The summed E-state index contributed by atoms with van der Waals surface area (Å²) in [6.45, 7) is 7.35. The molecule has 0 aliphatic carbocycles. The third-order valence-electron chi connectivity index (χ3n) is 5.17. The number of hydrogen-bond acceptors (Lipinski definition) is 3. The van der Waals surface area contributed by atoms with E-state index in [1.165, 1.54) is 0 Å². The third kappa shape index (κ3) is 3.18. The van der Waals surface area contributed by atoms with Gasteiger partial charge in [0, 0.05) is 31.6 Å². The van der Waals surface area contributed by atoms with Crippen LogP contribution in [0.2, 0.25) is 0 Å². The molecule has 0 aromatic heterocycles. The minimum absolute atomic E-state index is 0.0948. The van der Waals surface area contributed by atoms with Crippen LogP contribution in [0.3, 0.4) is 0 Å². The van der Waals surface area contributed by atoms with Gasteiger partial charge in [-0.25, -0.2) is 0 Å². The molecule has 2 atom stereocenters. The molecule has 4 nitrogen and oxygen atoms in total. The van der Waals surface area contributed by atoms with Crippen LogP contribution in [0.15, 0.2) is 30.3 Å². The van der Waals surface area contributed by atoms with Crippen LogP contribution in [-0.2, 0) is 16.0 Å². The van der Waals surface area contributed by atoms with Gasteiger partial charge in [-0.1, -0.05) is 37.3 Å². The first-order chi connectivity index (χ1) is 10.6. The van der Waals surface area contributed by atoms with E-state index in [4.69, 9.17) is 4.74 Å². The van der Waals surface area contributed by atoms with E-state index in [2.05, 4.69) is 18.9 Å². The molecule has 22 heavy (non-hydrogen) atoms. The number of rotatable bonds is 2. The molecule has 1 spiro atoms. The highest BCUT2D eigenvalue weighted by atomic mass is 16.5. The second-order valence-electron chi connectivity index (χ2n) is 6.99. The summed E-state index contributed by atoms with van der Waals surface area (Å²) in [7, 11) is 2.16. The summed E-state index contributed by atoms with van der Waals surface area (Å²) >= 11 is 0. The Hall–Kier alpha value is -1.39. The Balaban J connectivity index is 1.71. The maximum atomic E-state index is 12.7. The van der Waals surface area contributed by atoms with Crippen molar-refractivity contribution in [3.8, 4) is 0 Å². The van der Waals surface area contributed by atoms with Crippen molar-refractivity contribution < 1.29 is 9.53 Å². The molecule has 2 aliphatic heterocycles. The van der Waals surface area contributed by atoms with Crippen LogP contribution in [0.25, 0.3) is 0 Å². The number of benzene rings is 1. The minimum atomic E-state index is 0.0948. The summed E-state index contributed by atoms with van der Waals surface area (Å²) in [4.78, 5) is 17.1. The van der Waals surface area contributed by atoms with E-state index in [0.29, 0.717) is 25.5 Å². The Morgan fingerprint density at radius 1 is 1.32 bits per heavy atom. The monoisotopic (exact) mass is 302 g/mol. The van der Waals surface area contributed by atoms with Crippen LogP contribution in [-0.4, -0.2) is 62.1 Å². The SMILES string of the molecule is C[C@@H]1CN(C)C[C@]12COCCN(C(=O)Cc1ccccc1)C2. The Kier molecular flexibility index (Phi) is 4.50. The molecule has 1 aromatic rings. The van der Waals surface area contributed by atoms with E-state index < -0.39 is 0 Å². The lowest BCUT2D eigenvalue weighted by molar-refractivity contribution is -0.131. The van der Waals surface area contributed by atoms with Crippen molar-refractivity contribution in [2.24, 2.45) is 11.3 Å². The van der Waals surface area contributed by atoms with Gasteiger partial charge in [-0.2, -0.15) is 0 Å². The molecule has 1 amide bonds. The zero-order valence-electron chi connectivity index (χ0n) is 13.6. The van der Waals surface area contributed by atoms with Gasteiger partial charge < -0.3 is 14.5 Å². The highest BCUT2D eigenvalue weighted by molar-refractivity contribution is 5.78. The van der Waals surface area contributed by atoms with Crippen molar-refractivity contribution in [3.05, 3.63) is 35.9 Å². The number of ether oxygens (including phenoxy) is 1. The quantitative estimate of drug-likeness (QED) is 0.833. The molecule has 0 radical (unpaired) electrons. The van der Waals surface area contributed by atoms with Gasteiger partial charge in [0.2, 0.25) is 5.91 Å². The number of likely N-dealkylation sites (tertiary alicyclic amines) is 1. The predicted octanol–water partition coefficient (Wildman–Crippen LogP) is 1.66. The summed E-state index contributed by atoms with van der Waals surface area (Å²) in [6.07, 6.45) is 0.487. The molecule has 2 saturated heterocycles. The first-order valence-electron chi connectivity index (χ1n) is 8.17. The Labute approximate surface area is 133 Å². The third-order valence-corrected chi connectivity index (χ3v) is 5.17. The fraction of sp³-hybridized carbons (Fsp3) is 0.611. The van der Waals surface area contributed by atoms with E-state index in [0.717, 1.165) is 31.8 Å². The molecule has 120 valence electrons. The molecule has 0 bridgehead atoms. The van der Waals surface area contributed by atoms with E-state index in [9.17, 15) is 4.79 Å². The second kappa shape index (κ2) is 6.39. The van der Waals surface area contributed by atoms with E-state index >= 15 is 0 Å². The molecule has 0 saturated carbocycles. The van der Waals surface area contributed by atoms with E-state index in [-0.39, 0.29) is 11.3 Å². The first-order valence-corrected chi connectivity index (χ1v) is 8.17. The summed E-state index contributed by atoms with van der Waals surface area (Å²) in [6, 6.07) is 10.0. The van der Waals surface area contributed by atoms with Gasteiger partial charge in [0.05, 0.1) is 19.6 Å². The fourth-order valence-electron chi connectivity index (χ4n) is 3.86. The van der Waals surface area contributed by atoms with Crippen molar-refractivity contribution in [1.82, 2.24) is 9.80 Å². The van der Waals surface area contributed by atoms with Crippen molar-refractivity contribution in [3.63, 3.8) is 0 Å². The smallest absolute Gasteiger partial charge is 0.227 e. The summed E-state index contributed by atoms with van der Waals surface area (Å²) in [5.41, 5.74) is 1.18. The molecule has 4 heteroatoms. The van der Waals surface area contributed by atoms with Gasteiger partial charge in [-0.3, -0.25) is 4.79 Å². The van der Waals surface area contributed by atoms with Gasteiger partial charge in [0.15, 0.2) is 0 Å². The first kappa shape index (κ1) is 15.5. The standard InChI is InChI=1S/C18H26N2O2/c1-15-11-19(2)12-18(15)13-20(8-9-22-14-18)17(21)10-16-6-4-3-5-7-16/h3-7,15H,8-14H2,1-2H3/t15-,18+/m1/s1. The maximum absolute atomic E-state index is 12.7. The second-order valence-corrected chi connectivity index (χ2v) is 6.99. The van der Waals surface area contributed by atoms with Crippen molar-refractivity contribution >= 4 is 5.91 Å². The molecule has 0 N–H and O–H groups in total. The zero-order chi connectivity index (χ0) is 15.6. The van der Waals surface area contributed by atoms with Gasteiger partial charge in [0.1, 0.15) is 0 Å². The number of hydrogen-bond donors (Lipinski definition) is 0. The summed E-state index contributed by atoms with van der Waals surface area (Å²) in [5.74, 6) is 0.778. The van der Waals surface area contributed by atoms with Crippen LogP contribution >= 0.6 is 0 Å². The molecule has 2 aliphatic rings. The summed E-state index contributed by atoms with van der Waals surface area (Å²) < 4.78 is 5.86. The van der Waals surface area contributed by atoms with Crippen LogP contribution < -0.4 is 0 Å². The molecule has 3 rings (SSSR count). The van der Waals surface area contributed by atoms with Gasteiger partial charge in [0.25, 0.3) is 0 Å². The van der Waals surface area contributed by atoms with Gasteiger partial charge in [-0.15, -0.1) is 0 Å². The topological polar surface area (TPSA) is 32.8 Å². The average molecular weight is 302 g/mol. The number of nitrogens with zero attached hydrogens (tertiary/aromatic N) is 2. The van der Waals surface area contributed by atoms with Crippen LogP contribution in [0.1, 0.15) is 12.5 Å². The molecule has 0 unspecified atom stereocenters. The molecule has 2 heterocycles. The van der Waals surface area contributed by atoms with Crippen LogP contribution in [0.4, 0.5) is 0 Å². The summed E-state index contributed by atoms with van der Waals surface area (Å²) in [5, 5.41) is 0. The van der Waals surface area contributed by atoms with Gasteiger partial charge >= 0.3 is 0 Å².